The molecule has 19 heavy (non-hydrogen) atoms. The summed E-state index contributed by atoms with van der Waals surface area (Å²) in [5.74, 6) is 0.878. The molecule has 1 N–H and O–H groups in total. The van der Waals surface area contributed by atoms with Crippen LogP contribution in [0.2, 0.25) is 0 Å². The summed E-state index contributed by atoms with van der Waals surface area (Å²) in [5, 5.41) is 4.19. The fourth-order valence-corrected chi connectivity index (χ4v) is 1.60. The molecular weight excluding hydrogens is 236 g/mol. The fourth-order valence-electron chi connectivity index (χ4n) is 1.60. The number of ether oxygens (including phenoxy) is 1. The lowest BCUT2D eigenvalue weighted by atomic mass is 10.2. The quantitative estimate of drug-likeness (QED) is 0.648. The molecule has 0 atom stereocenters. The Morgan fingerprint density at radius 2 is 1.68 bits per heavy atom. The van der Waals surface area contributed by atoms with Gasteiger partial charge >= 0.3 is 0 Å². The lowest BCUT2D eigenvalue weighted by Crippen LogP contribution is -2.05. The molecule has 3 heteroatoms. The predicted octanol–water partition coefficient (Wildman–Crippen LogP) is 3.92. The van der Waals surface area contributed by atoms with E-state index >= 15 is 0 Å². The smallest absolute Gasteiger partial charge is 0.119 e. The molecule has 0 unspecified atom stereocenters. The monoisotopic (exact) mass is 254 g/mol. The largest absolute Gasteiger partial charge is 0.491 e. The predicted molar refractivity (Wildman–Crippen MR) is 79.9 cm³/mol. The highest BCUT2D eigenvalue weighted by Crippen LogP contribution is 2.13. The summed E-state index contributed by atoms with van der Waals surface area (Å²) in [6.45, 7) is 4.03. The molecule has 0 bridgehead atoms. The van der Waals surface area contributed by atoms with Crippen LogP contribution < -0.4 is 10.2 Å². The molecule has 0 amide bonds. The number of hydrazone groups is 1. The maximum Gasteiger partial charge on any atom is 0.119 e. The van der Waals surface area contributed by atoms with Gasteiger partial charge in [0.15, 0.2) is 0 Å². The van der Waals surface area contributed by atoms with Crippen molar-refractivity contribution in [3.05, 3.63) is 60.2 Å². The summed E-state index contributed by atoms with van der Waals surface area (Å²) in [4.78, 5) is 0. The molecule has 0 saturated carbocycles. The van der Waals surface area contributed by atoms with Gasteiger partial charge in [0, 0.05) is 0 Å². The standard InChI is InChI=1S/C16H18N2O/c1-13(2)19-16-10-8-14(9-11-16)12-17-18-15-6-4-3-5-7-15/h3-13,18H,1-2H3/b17-12+. The molecule has 0 aliphatic carbocycles. The Bertz CT molecular complexity index is 518. The van der Waals surface area contributed by atoms with Crippen molar-refractivity contribution in [2.75, 3.05) is 5.43 Å². The van der Waals surface area contributed by atoms with Gasteiger partial charge in [-0.25, -0.2) is 0 Å². The van der Waals surface area contributed by atoms with E-state index in [4.69, 9.17) is 4.74 Å². The molecule has 0 saturated heterocycles. The van der Waals surface area contributed by atoms with E-state index in [2.05, 4.69) is 10.5 Å². The molecule has 0 aromatic heterocycles. The van der Waals surface area contributed by atoms with E-state index in [1.54, 1.807) is 6.21 Å². The highest BCUT2D eigenvalue weighted by molar-refractivity contribution is 5.80. The van der Waals surface area contributed by atoms with Gasteiger partial charge in [-0.2, -0.15) is 5.10 Å². The Labute approximate surface area is 113 Å². The first-order chi connectivity index (χ1) is 9.24. The van der Waals surface area contributed by atoms with Crippen LogP contribution in [0.25, 0.3) is 0 Å². The number of para-hydroxylation sites is 1. The van der Waals surface area contributed by atoms with E-state index in [0.29, 0.717) is 0 Å². The summed E-state index contributed by atoms with van der Waals surface area (Å²) in [6.07, 6.45) is 1.98. The van der Waals surface area contributed by atoms with E-state index in [1.807, 2.05) is 68.4 Å². The maximum atomic E-state index is 5.58. The van der Waals surface area contributed by atoms with Crippen molar-refractivity contribution in [1.29, 1.82) is 0 Å². The third-order valence-corrected chi connectivity index (χ3v) is 2.43. The van der Waals surface area contributed by atoms with Gasteiger partial charge < -0.3 is 4.74 Å². The van der Waals surface area contributed by atoms with Crippen molar-refractivity contribution in [3.8, 4) is 5.75 Å². The summed E-state index contributed by atoms with van der Waals surface area (Å²) in [6, 6.07) is 17.7. The third kappa shape index (κ3) is 4.47. The zero-order valence-electron chi connectivity index (χ0n) is 11.2. The molecule has 0 fully saturated rings. The van der Waals surface area contributed by atoms with Crippen molar-refractivity contribution in [1.82, 2.24) is 0 Å². The first-order valence-electron chi connectivity index (χ1n) is 6.35. The number of nitrogens with zero attached hydrogens (tertiary/aromatic N) is 1. The van der Waals surface area contributed by atoms with Crippen molar-refractivity contribution < 1.29 is 4.74 Å². The third-order valence-electron chi connectivity index (χ3n) is 2.43. The van der Waals surface area contributed by atoms with Crippen LogP contribution in [0.4, 0.5) is 5.69 Å². The van der Waals surface area contributed by atoms with Gasteiger partial charge in [-0.15, -0.1) is 0 Å². The highest BCUT2D eigenvalue weighted by Gasteiger charge is 1.96. The van der Waals surface area contributed by atoms with E-state index in [-0.39, 0.29) is 6.10 Å². The van der Waals surface area contributed by atoms with Crippen LogP contribution in [0.1, 0.15) is 19.4 Å². The van der Waals surface area contributed by atoms with Gasteiger partial charge in [-0.05, 0) is 55.8 Å². The molecular formula is C16H18N2O. The van der Waals surface area contributed by atoms with Crippen LogP contribution in [0.3, 0.4) is 0 Å². The minimum Gasteiger partial charge on any atom is -0.491 e. The second-order valence-electron chi connectivity index (χ2n) is 4.47. The van der Waals surface area contributed by atoms with Gasteiger partial charge in [-0.1, -0.05) is 18.2 Å². The molecule has 0 aliphatic rings. The molecule has 2 rings (SSSR count). The molecule has 2 aromatic carbocycles. The summed E-state index contributed by atoms with van der Waals surface area (Å²) < 4.78 is 5.58. The topological polar surface area (TPSA) is 33.6 Å². The van der Waals surface area contributed by atoms with E-state index in [0.717, 1.165) is 17.0 Å². The van der Waals surface area contributed by atoms with Crippen LogP contribution >= 0.6 is 0 Å². The normalized spacial score (nSPS) is 10.9. The van der Waals surface area contributed by atoms with Crippen molar-refractivity contribution >= 4 is 11.9 Å². The average Bonchev–Trinajstić information content (AvgIpc) is 2.41. The summed E-state index contributed by atoms with van der Waals surface area (Å²) in [5.41, 5.74) is 4.98. The maximum absolute atomic E-state index is 5.58. The van der Waals surface area contributed by atoms with E-state index in [1.165, 1.54) is 0 Å². The second kappa shape index (κ2) is 6.59. The lowest BCUT2D eigenvalue weighted by molar-refractivity contribution is 0.242. The number of nitrogens with one attached hydrogen (secondary N) is 1. The molecule has 3 nitrogen and oxygen atoms in total. The lowest BCUT2D eigenvalue weighted by Gasteiger charge is -2.09. The fraction of sp³-hybridized carbons (Fsp3) is 0.188. The van der Waals surface area contributed by atoms with Crippen LogP contribution in [0.5, 0.6) is 5.75 Å². The van der Waals surface area contributed by atoms with Crippen molar-refractivity contribution in [2.45, 2.75) is 20.0 Å². The van der Waals surface area contributed by atoms with Crippen LogP contribution in [-0.4, -0.2) is 12.3 Å². The zero-order chi connectivity index (χ0) is 13.5. The number of hydrogen-bond acceptors (Lipinski definition) is 3. The first-order valence-corrected chi connectivity index (χ1v) is 6.35. The average molecular weight is 254 g/mol. The van der Waals surface area contributed by atoms with E-state index in [9.17, 15) is 0 Å². The van der Waals surface area contributed by atoms with Gasteiger partial charge in [0.2, 0.25) is 0 Å². The minimum absolute atomic E-state index is 0.194. The summed E-state index contributed by atoms with van der Waals surface area (Å²) >= 11 is 0. The minimum atomic E-state index is 0.194. The molecule has 0 aliphatic heterocycles. The number of anilines is 1. The second-order valence-corrected chi connectivity index (χ2v) is 4.47. The Kier molecular flexibility index (Phi) is 4.56. The molecule has 2 aromatic rings. The highest BCUT2D eigenvalue weighted by atomic mass is 16.5. The van der Waals surface area contributed by atoms with Gasteiger partial charge in [0.1, 0.15) is 5.75 Å². The number of benzene rings is 2. The Balaban J connectivity index is 1.92. The van der Waals surface area contributed by atoms with Crippen LogP contribution in [-0.2, 0) is 0 Å². The van der Waals surface area contributed by atoms with Gasteiger partial charge in [-0.3, -0.25) is 5.43 Å². The van der Waals surface area contributed by atoms with Crippen molar-refractivity contribution in [2.24, 2.45) is 5.10 Å². The Hall–Kier alpha value is -2.29. The van der Waals surface area contributed by atoms with Crippen molar-refractivity contribution in [3.63, 3.8) is 0 Å². The van der Waals surface area contributed by atoms with Gasteiger partial charge in [0.05, 0.1) is 18.0 Å². The van der Waals surface area contributed by atoms with Crippen LogP contribution in [0, 0.1) is 0 Å². The van der Waals surface area contributed by atoms with Crippen LogP contribution in [0.15, 0.2) is 59.7 Å². The zero-order valence-corrected chi connectivity index (χ0v) is 11.2. The Morgan fingerprint density at radius 1 is 1.00 bits per heavy atom. The van der Waals surface area contributed by atoms with Gasteiger partial charge in [0.25, 0.3) is 0 Å². The molecule has 0 heterocycles. The SMILES string of the molecule is CC(C)Oc1ccc(/C=N/Nc2ccccc2)cc1. The number of hydrogen-bond donors (Lipinski definition) is 1. The summed E-state index contributed by atoms with van der Waals surface area (Å²) in [7, 11) is 0. The van der Waals surface area contributed by atoms with E-state index < -0.39 is 0 Å². The molecule has 0 spiro atoms. The number of rotatable bonds is 5. The molecule has 98 valence electrons. The Morgan fingerprint density at radius 3 is 2.32 bits per heavy atom. The first kappa shape index (κ1) is 13.1. The molecule has 0 radical (unpaired) electrons.